The van der Waals surface area contributed by atoms with Crippen LogP contribution in [0.15, 0.2) is 24.4 Å². The van der Waals surface area contributed by atoms with Crippen LogP contribution >= 0.6 is 0 Å². The van der Waals surface area contributed by atoms with Gasteiger partial charge in [0.15, 0.2) is 0 Å². The second-order valence-electron chi connectivity index (χ2n) is 6.11. The molecule has 1 aliphatic rings. The summed E-state index contributed by atoms with van der Waals surface area (Å²) in [4.78, 5) is 15.3. The number of rotatable bonds is 5. The highest BCUT2D eigenvalue weighted by Gasteiger charge is 2.31. The van der Waals surface area contributed by atoms with Gasteiger partial charge in [0.2, 0.25) is 5.91 Å². The van der Waals surface area contributed by atoms with Gasteiger partial charge in [-0.3, -0.25) is 4.79 Å². The van der Waals surface area contributed by atoms with Crippen LogP contribution < -0.4 is 10.1 Å². The van der Waals surface area contributed by atoms with Crippen LogP contribution in [-0.2, 0) is 11.2 Å². The van der Waals surface area contributed by atoms with E-state index in [1.54, 1.807) is 7.11 Å². The number of H-pyrrole nitrogens is 1. The van der Waals surface area contributed by atoms with Crippen molar-refractivity contribution in [1.29, 1.82) is 0 Å². The number of amides is 1. The monoisotopic (exact) mass is 302 g/mol. The lowest BCUT2D eigenvalue weighted by Gasteiger charge is -2.22. The Kier molecular flexibility index (Phi) is 4.07. The lowest BCUT2D eigenvalue weighted by atomic mass is 10.0. The molecule has 1 aromatic heterocycles. The van der Waals surface area contributed by atoms with E-state index in [0.29, 0.717) is 13.0 Å². The minimum atomic E-state index is -0.709. The molecule has 5 nitrogen and oxygen atoms in total. The van der Waals surface area contributed by atoms with Crippen molar-refractivity contribution in [3.8, 4) is 5.75 Å². The van der Waals surface area contributed by atoms with E-state index in [1.807, 2.05) is 24.4 Å². The molecule has 0 atom stereocenters. The molecule has 0 spiro atoms. The quantitative estimate of drug-likeness (QED) is 0.792. The molecule has 1 fully saturated rings. The maximum atomic E-state index is 12.1. The van der Waals surface area contributed by atoms with Crippen molar-refractivity contribution in [2.24, 2.45) is 0 Å². The number of aromatic amines is 1. The van der Waals surface area contributed by atoms with Gasteiger partial charge in [-0.25, -0.2) is 0 Å². The average molecular weight is 302 g/mol. The molecular weight excluding hydrogens is 280 g/mol. The highest BCUT2D eigenvalue weighted by atomic mass is 16.5. The fourth-order valence-electron chi connectivity index (χ4n) is 3.14. The standard InChI is InChI=1S/C17H22N2O3/c1-22-13-4-5-15-14(9-13)12(10-18-15)8-16(20)19-11-17(21)6-2-3-7-17/h4-5,9-10,18,21H,2-3,6-8,11H2,1H3,(H,19,20). The van der Waals surface area contributed by atoms with Gasteiger partial charge in [-0.1, -0.05) is 12.8 Å². The number of benzene rings is 1. The molecule has 3 rings (SSSR count). The number of aliphatic hydroxyl groups is 1. The van der Waals surface area contributed by atoms with Gasteiger partial charge in [0, 0.05) is 23.6 Å². The Bertz CT molecular complexity index is 672. The highest BCUT2D eigenvalue weighted by Crippen LogP contribution is 2.28. The van der Waals surface area contributed by atoms with Gasteiger partial charge in [0.05, 0.1) is 19.1 Å². The molecule has 0 aliphatic heterocycles. The molecule has 1 aromatic carbocycles. The van der Waals surface area contributed by atoms with Gasteiger partial charge in [-0.05, 0) is 36.6 Å². The molecule has 0 unspecified atom stereocenters. The number of hydrogen-bond acceptors (Lipinski definition) is 3. The summed E-state index contributed by atoms with van der Waals surface area (Å²) in [6, 6.07) is 5.76. The van der Waals surface area contributed by atoms with E-state index in [1.165, 1.54) is 0 Å². The van der Waals surface area contributed by atoms with Crippen molar-refractivity contribution in [3.63, 3.8) is 0 Å². The summed E-state index contributed by atoms with van der Waals surface area (Å²) in [5, 5.41) is 14.1. The Morgan fingerprint density at radius 3 is 2.91 bits per heavy atom. The van der Waals surface area contributed by atoms with Crippen molar-refractivity contribution in [1.82, 2.24) is 10.3 Å². The summed E-state index contributed by atoms with van der Waals surface area (Å²) >= 11 is 0. The number of fused-ring (bicyclic) bond motifs is 1. The van der Waals surface area contributed by atoms with Crippen LogP contribution in [0.4, 0.5) is 0 Å². The van der Waals surface area contributed by atoms with Crippen molar-refractivity contribution in [2.45, 2.75) is 37.7 Å². The molecule has 1 amide bonds. The molecule has 1 heterocycles. The van der Waals surface area contributed by atoms with Gasteiger partial charge < -0.3 is 20.1 Å². The zero-order valence-electron chi connectivity index (χ0n) is 12.8. The SMILES string of the molecule is COc1ccc2[nH]cc(CC(=O)NCC3(O)CCCC3)c2c1. The third-order valence-electron chi connectivity index (χ3n) is 4.47. The summed E-state index contributed by atoms with van der Waals surface area (Å²) < 4.78 is 5.23. The van der Waals surface area contributed by atoms with Gasteiger partial charge in [0.1, 0.15) is 5.75 Å². The predicted molar refractivity (Wildman–Crippen MR) is 85.0 cm³/mol. The number of methoxy groups -OCH3 is 1. The van der Waals surface area contributed by atoms with Crippen molar-refractivity contribution in [3.05, 3.63) is 30.0 Å². The third kappa shape index (κ3) is 3.09. The molecule has 118 valence electrons. The Balaban J connectivity index is 1.66. The zero-order valence-corrected chi connectivity index (χ0v) is 12.8. The second-order valence-corrected chi connectivity index (χ2v) is 6.11. The number of hydrogen-bond donors (Lipinski definition) is 3. The van der Waals surface area contributed by atoms with Crippen LogP contribution in [0.3, 0.4) is 0 Å². The Morgan fingerprint density at radius 1 is 1.41 bits per heavy atom. The van der Waals surface area contributed by atoms with Crippen LogP contribution in [0.1, 0.15) is 31.2 Å². The summed E-state index contributed by atoms with van der Waals surface area (Å²) in [5.74, 6) is 0.707. The van der Waals surface area contributed by atoms with Gasteiger partial charge in [0.25, 0.3) is 0 Å². The average Bonchev–Trinajstić information content (AvgIpc) is 3.12. The first kappa shape index (κ1) is 14.9. The van der Waals surface area contributed by atoms with E-state index >= 15 is 0 Å². The molecule has 2 aromatic rings. The van der Waals surface area contributed by atoms with Crippen LogP contribution in [0.2, 0.25) is 0 Å². The molecule has 0 saturated heterocycles. The molecule has 0 radical (unpaired) electrons. The topological polar surface area (TPSA) is 74.4 Å². The van der Waals surface area contributed by atoms with E-state index in [-0.39, 0.29) is 5.91 Å². The molecule has 0 bridgehead atoms. The van der Waals surface area contributed by atoms with E-state index < -0.39 is 5.60 Å². The van der Waals surface area contributed by atoms with Gasteiger partial charge >= 0.3 is 0 Å². The number of ether oxygens (including phenoxy) is 1. The first-order valence-electron chi connectivity index (χ1n) is 7.73. The minimum absolute atomic E-state index is 0.0657. The lowest BCUT2D eigenvalue weighted by molar-refractivity contribution is -0.121. The van der Waals surface area contributed by atoms with Gasteiger partial charge in [-0.2, -0.15) is 0 Å². The van der Waals surface area contributed by atoms with Crippen LogP contribution in [0, 0.1) is 0 Å². The maximum Gasteiger partial charge on any atom is 0.224 e. The first-order valence-corrected chi connectivity index (χ1v) is 7.73. The number of aromatic nitrogens is 1. The van der Waals surface area contributed by atoms with E-state index in [9.17, 15) is 9.90 Å². The highest BCUT2D eigenvalue weighted by molar-refractivity contribution is 5.89. The summed E-state index contributed by atoms with van der Waals surface area (Å²) in [6.45, 7) is 0.345. The predicted octanol–water partition coefficient (Wildman–Crippen LogP) is 2.14. The molecule has 5 heteroatoms. The van der Waals surface area contributed by atoms with Crippen molar-refractivity contribution >= 4 is 16.8 Å². The number of carbonyl (C=O) groups excluding carboxylic acids is 1. The van der Waals surface area contributed by atoms with E-state index in [0.717, 1.165) is 47.9 Å². The van der Waals surface area contributed by atoms with Crippen LogP contribution in [0.5, 0.6) is 5.75 Å². The number of nitrogens with one attached hydrogen (secondary N) is 2. The number of carbonyl (C=O) groups is 1. The maximum absolute atomic E-state index is 12.1. The Labute approximate surface area is 129 Å². The Morgan fingerprint density at radius 2 is 2.18 bits per heavy atom. The fraction of sp³-hybridized carbons (Fsp3) is 0.471. The van der Waals surface area contributed by atoms with Crippen LogP contribution in [0.25, 0.3) is 10.9 Å². The smallest absolute Gasteiger partial charge is 0.224 e. The van der Waals surface area contributed by atoms with Crippen molar-refractivity contribution < 1.29 is 14.6 Å². The molecule has 1 aliphatic carbocycles. The second kappa shape index (κ2) is 6.01. The summed E-state index contributed by atoms with van der Waals surface area (Å²) in [6.07, 6.45) is 5.77. The zero-order chi connectivity index (χ0) is 15.6. The van der Waals surface area contributed by atoms with Gasteiger partial charge in [-0.15, -0.1) is 0 Å². The first-order chi connectivity index (χ1) is 10.6. The molecule has 22 heavy (non-hydrogen) atoms. The minimum Gasteiger partial charge on any atom is -0.497 e. The fourth-order valence-corrected chi connectivity index (χ4v) is 3.14. The molecule has 1 saturated carbocycles. The van der Waals surface area contributed by atoms with E-state index in [2.05, 4.69) is 10.3 Å². The summed E-state index contributed by atoms with van der Waals surface area (Å²) in [5.41, 5.74) is 1.21. The lowest BCUT2D eigenvalue weighted by Crippen LogP contribution is -2.41. The molecular formula is C17H22N2O3. The van der Waals surface area contributed by atoms with E-state index in [4.69, 9.17) is 4.74 Å². The van der Waals surface area contributed by atoms with Crippen molar-refractivity contribution in [2.75, 3.05) is 13.7 Å². The normalized spacial score (nSPS) is 16.8. The summed E-state index contributed by atoms with van der Waals surface area (Å²) in [7, 11) is 1.63. The molecule has 3 N–H and O–H groups in total. The largest absolute Gasteiger partial charge is 0.497 e. The van der Waals surface area contributed by atoms with Crippen LogP contribution in [-0.4, -0.2) is 35.3 Å². The Hall–Kier alpha value is -2.01. The third-order valence-corrected chi connectivity index (χ3v) is 4.47.